The van der Waals surface area contributed by atoms with Crippen LogP contribution in [0.25, 0.3) is 0 Å². The lowest BCUT2D eigenvalue weighted by Gasteiger charge is -2.07. The predicted octanol–water partition coefficient (Wildman–Crippen LogP) is 0.901. The first kappa shape index (κ1) is 10.1. The van der Waals surface area contributed by atoms with E-state index in [0.717, 1.165) is 5.69 Å². The van der Waals surface area contributed by atoms with Crippen molar-refractivity contribution in [1.82, 2.24) is 15.3 Å². The maximum atomic E-state index is 11.2. The summed E-state index contributed by atoms with van der Waals surface area (Å²) >= 11 is 5.53. The van der Waals surface area contributed by atoms with Crippen molar-refractivity contribution in [2.24, 2.45) is 5.92 Å². The van der Waals surface area contributed by atoms with Gasteiger partial charge in [0.05, 0.1) is 18.6 Å². The lowest BCUT2D eigenvalue weighted by atomic mass is 10.2. The Morgan fingerprint density at radius 2 is 2.62 bits per heavy atom. The minimum atomic E-state index is -0.149. The average Bonchev–Trinajstić information content (AvgIpc) is 2.65. The summed E-state index contributed by atoms with van der Waals surface area (Å²) in [4.78, 5) is 18.0. The Bertz CT molecular complexity index is 260. The summed E-state index contributed by atoms with van der Waals surface area (Å²) in [6.45, 7) is 2.26. The van der Waals surface area contributed by atoms with Gasteiger partial charge in [-0.3, -0.25) is 4.79 Å². The van der Waals surface area contributed by atoms with Crippen LogP contribution in [0.4, 0.5) is 0 Å². The monoisotopic (exact) mass is 201 g/mol. The number of rotatable bonds is 4. The fourth-order valence-corrected chi connectivity index (χ4v) is 0.948. The molecule has 1 aromatic rings. The second-order valence-corrected chi connectivity index (χ2v) is 3.16. The second-order valence-electron chi connectivity index (χ2n) is 2.85. The summed E-state index contributed by atoms with van der Waals surface area (Å²) in [6.07, 6.45) is 3.25. The fraction of sp³-hybridized carbons (Fsp3) is 0.500. The molecule has 0 spiro atoms. The van der Waals surface area contributed by atoms with Crippen LogP contribution in [0.5, 0.6) is 0 Å². The third-order valence-corrected chi connectivity index (χ3v) is 2.15. The molecule has 1 unspecified atom stereocenters. The third kappa shape index (κ3) is 3.06. The molecule has 0 aliphatic carbocycles. The lowest BCUT2D eigenvalue weighted by Crippen LogP contribution is -2.29. The highest BCUT2D eigenvalue weighted by atomic mass is 35.5. The van der Waals surface area contributed by atoms with Gasteiger partial charge in [-0.25, -0.2) is 4.98 Å². The van der Waals surface area contributed by atoms with Gasteiger partial charge in [-0.2, -0.15) is 0 Å². The smallest absolute Gasteiger partial charge is 0.224 e. The van der Waals surface area contributed by atoms with Crippen molar-refractivity contribution in [3.05, 3.63) is 18.2 Å². The number of H-pyrrole nitrogens is 1. The molecule has 1 heterocycles. The molecule has 72 valence electrons. The van der Waals surface area contributed by atoms with E-state index in [0.29, 0.717) is 12.4 Å². The Morgan fingerprint density at radius 1 is 1.85 bits per heavy atom. The van der Waals surface area contributed by atoms with Crippen molar-refractivity contribution < 1.29 is 4.79 Å². The van der Waals surface area contributed by atoms with Gasteiger partial charge in [-0.15, -0.1) is 11.6 Å². The SMILES string of the molecule is CC(CCl)C(=O)NCc1cnc[nH]1. The molecule has 2 N–H and O–H groups in total. The lowest BCUT2D eigenvalue weighted by molar-refractivity contribution is -0.124. The number of hydrogen-bond donors (Lipinski definition) is 2. The molecular formula is C8H12ClN3O. The first-order chi connectivity index (χ1) is 6.24. The van der Waals surface area contributed by atoms with E-state index in [1.165, 1.54) is 0 Å². The van der Waals surface area contributed by atoms with E-state index < -0.39 is 0 Å². The summed E-state index contributed by atoms with van der Waals surface area (Å²) in [6, 6.07) is 0. The minimum Gasteiger partial charge on any atom is -0.350 e. The fourth-order valence-electron chi connectivity index (χ4n) is 0.808. The number of aromatic amines is 1. The van der Waals surface area contributed by atoms with Gasteiger partial charge in [-0.05, 0) is 0 Å². The molecule has 13 heavy (non-hydrogen) atoms. The molecule has 4 nitrogen and oxygen atoms in total. The van der Waals surface area contributed by atoms with Gasteiger partial charge in [0.15, 0.2) is 0 Å². The molecule has 0 bridgehead atoms. The number of nitrogens with zero attached hydrogens (tertiary/aromatic N) is 1. The number of hydrogen-bond acceptors (Lipinski definition) is 2. The van der Waals surface area contributed by atoms with Crippen LogP contribution in [-0.4, -0.2) is 21.8 Å². The molecular weight excluding hydrogens is 190 g/mol. The molecule has 1 rings (SSSR count). The zero-order chi connectivity index (χ0) is 9.68. The van der Waals surface area contributed by atoms with Crippen molar-refractivity contribution in [3.63, 3.8) is 0 Å². The van der Waals surface area contributed by atoms with Crippen molar-refractivity contribution in [3.8, 4) is 0 Å². The van der Waals surface area contributed by atoms with Crippen LogP contribution in [0.3, 0.4) is 0 Å². The van der Waals surface area contributed by atoms with Crippen molar-refractivity contribution in [2.75, 3.05) is 5.88 Å². The van der Waals surface area contributed by atoms with Crippen LogP contribution in [0.1, 0.15) is 12.6 Å². The molecule has 1 amide bonds. The number of carbonyl (C=O) groups is 1. The van der Waals surface area contributed by atoms with E-state index in [-0.39, 0.29) is 11.8 Å². The van der Waals surface area contributed by atoms with Gasteiger partial charge in [0.2, 0.25) is 5.91 Å². The molecule has 0 fully saturated rings. The van der Waals surface area contributed by atoms with Gasteiger partial charge >= 0.3 is 0 Å². The number of amides is 1. The number of nitrogens with one attached hydrogen (secondary N) is 2. The Hall–Kier alpha value is -1.03. The summed E-state index contributed by atoms with van der Waals surface area (Å²) in [7, 11) is 0. The van der Waals surface area contributed by atoms with Gasteiger partial charge in [-0.1, -0.05) is 6.92 Å². The molecule has 0 aliphatic heterocycles. The summed E-state index contributed by atoms with van der Waals surface area (Å²) in [5, 5.41) is 2.74. The van der Waals surface area contributed by atoms with Crippen molar-refractivity contribution in [1.29, 1.82) is 0 Å². The van der Waals surface area contributed by atoms with Gasteiger partial charge in [0.1, 0.15) is 0 Å². The van der Waals surface area contributed by atoms with Crippen LogP contribution in [-0.2, 0) is 11.3 Å². The van der Waals surface area contributed by atoms with Crippen molar-refractivity contribution >= 4 is 17.5 Å². The molecule has 0 aliphatic rings. The second kappa shape index (κ2) is 4.87. The van der Waals surface area contributed by atoms with Crippen LogP contribution >= 0.6 is 11.6 Å². The van der Waals surface area contributed by atoms with E-state index in [1.54, 1.807) is 19.4 Å². The van der Waals surface area contributed by atoms with Gasteiger partial charge in [0, 0.05) is 18.0 Å². The molecule has 0 aromatic carbocycles. The molecule has 0 saturated heterocycles. The topological polar surface area (TPSA) is 57.8 Å². The summed E-state index contributed by atoms with van der Waals surface area (Å²) < 4.78 is 0. The zero-order valence-electron chi connectivity index (χ0n) is 7.38. The highest BCUT2D eigenvalue weighted by Crippen LogP contribution is 1.98. The average molecular weight is 202 g/mol. The number of imidazole rings is 1. The normalized spacial score (nSPS) is 12.5. The summed E-state index contributed by atoms with van der Waals surface area (Å²) in [5.41, 5.74) is 0.884. The van der Waals surface area contributed by atoms with Crippen LogP contribution in [0, 0.1) is 5.92 Å². The summed E-state index contributed by atoms with van der Waals surface area (Å²) in [5.74, 6) is 0.156. The predicted molar refractivity (Wildman–Crippen MR) is 50.3 cm³/mol. The third-order valence-electron chi connectivity index (χ3n) is 1.69. The standard InChI is InChI=1S/C8H12ClN3O/c1-6(2-9)8(13)11-4-7-3-10-5-12-7/h3,5-6H,2,4H2,1H3,(H,10,12)(H,11,13). The number of halogens is 1. The van der Waals surface area contributed by atoms with E-state index >= 15 is 0 Å². The van der Waals surface area contributed by atoms with Gasteiger partial charge in [0.25, 0.3) is 0 Å². The van der Waals surface area contributed by atoms with Crippen LogP contribution < -0.4 is 5.32 Å². The van der Waals surface area contributed by atoms with Crippen LogP contribution in [0.2, 0.25) is 0 Å². The van der Waals surface area contributed by atoms with Crippen LogP contribution in [0.15, 0.2) is 12.5 Å². The molecule has 0 radical (unpaired) electrons. The maximum absolute atomic E-state index is 11.2. The number of aromatic nitrogens is 2. The van der Waals surface area contributed by atoms with E-state index in [1.807, 2.05) is 0 Å². The van der Waals surface area contributed by atoms with E-state index in [9.17, 15) is 4.79 Å². The zero-order valence-corrected chi connectivity index (χ0v) is 8.14. The Morgan fingerprint density at radius 3 is 3.15 bits per heavy atom. The maximum Gasteiger partial charge on any atom is 0.224 e. The highest BCUT2D eigenvalue weighted by molar-refractivity contribution is 6.19. The quantitative estimate of drug-likeness (QED) is 0.712. The first-order valence-corrected chi connectivity index (χ1v) is 4.58. The Kier molecular flexibility index (Phi) is 3.76. The largest absolute Gasteiger partial charge is 0.350 e. The Balaban J connectivity index is 2.31. The van der Waals surface area contributed by atoms with Crippen molar-refractivity contribution in [2.45, 2.75) is 13.5 Å². The molecule has 5 heteroatoms. The number of carbonyl (C=O) groups excluding carboxylic acids is 1. The molecule has 1 atom stereocenters. The highest BCUT2D eigenvalue weighted by Gasteiger charge is 2.10. The number of alkyl halides is 1. The Labute approximate surface area is 81.7 Å². The molecule has 1 aromatic heterocycles. The first-order valence-electron chi connectivity index (χ1n) is 4.05. The molecule has 0 saturated carbocycles. The minimum absolute atomic E-state index is 0.0374. The van der Waals surface area contributed by atoms with E-state index in [4.69, 9.17) is 11.6 Å². The van der Waals surface area contributed by atoms with E-state index in [2.05, 4.69) is 15.3 Å². The van der Waals surface area contributed by atoms with Gasteiger partial charge < -0.3 is 10.3 Å².